The van der Waals surface area contributed by atoms with Crippen LogP contribution in [0.2, 0.25) is 0 Å². The first-order valence-electron chi connectivity index (χ1n) is 10.4. The first-order valence-corrected chi connectivity index (χ1v) is 10.4. The lowest BCUT2D eigenvalue weighted by molar-refractivity contribution is -0.315. The molecule has 0 aromatic heterocycles. The second-order valence-electron chi connectivity index (χ2n) is 8.27. The fraction of sp³-hybridized carbons (Fsp3) is 0.565. The molecule has 1 aromatic carbocycles. The number of rotatable bonds is 7. The quantitative estimate of drug-likeness (QED) is 0.647. The summed E-state index contributed by atoms with van der Waals surface area (Å²) in [5.41, 5.74) is 0.387. The average molecular weight is 432 g/mol. The van der Waals surface area contributed by atoms with E-state index in [1.165, 1.54) is 21.3 Å². The summed E-state index contributed by atoms with van der Waals surface area (Å²) in [6, 6.07) is 5.21. The Morgan fingerprint density at radius 2 is 2.00 bits per heavy atom. The SMILES string of the molecule is COC(=O)C1=C(C)NC(C)(CC2CCCO2)C(C(=O)[O-])C1c1cccc(OC)c1OC. The van der Waals surface area contributed by atoms with Crippen LogP contribution in [0.15, 0.2) is 29.5 Å². The van der Waals surface area contributed by atoms with Crippen LogP contribution in [0.3, 0.4) is 0 Å². The van der Waals surface area contributed by atoms with Crippen molar-refractivity contribution in [3.63, 3.8) is 0 Å². The largest absolute Gasteiger partial charge is 0.550 e. The number of methoxy groups -OCH3 is 3. The van der Waals surface area contributed by atoms with Gasteiger partial charge in [-0.3, -0.25) is 0 Å². The zero-order valence-electron chi connectivity index (χ0n) is 18.7. The fourth-order valence-electron chi connectivity index (χ4n) is 5.08. The molecule has 31 heavy (non-hydrogen) atoms. The number of esters is 1. The van der Waals surface area contributed by atoms with E-state index in [0.717, 1.165) is 12.8 Å². The van der Waals surface area contributed by atoms with Crippen molar-refractivity contribution >= 4 is 11.9 Å². The third kappa shape index (κ3) is 4.21. The molecule has 8 nitrogen and oxygen atoms in total. The molecule has 1 fully saturated rings. The Hall–Kier alpha value is -2.74. The monoisotopic (exact) mass is 432 g/mol. The van der Waals surface area contributed by atoms with E-state index in [1.807, 2.05) is 6.92 Å². The van der Waals surface area contributed by atoms with Crippen LogP contribution in [0.25, 0.3) is 0 Å². The van der Waals surface area contributed by atoms with Gasteiger partial charge in [-0.1, -0.05) is 12.1 Å². The molecule has 2 aliphatic rings. The molecule has 4 unspecified atom stereocenters. The summed E-state index contributed by atoms with van der Waals surface area (Å²) < 4.78 is 21.8. The first-order chi connectivity index (χ1) is 14.8. The molecule has 0 amide bonds. The Kier molecular flexibility index (Phi) is 6.79. The number of nitrogens with one attached hydrogen (secondary N) is 1. The van der Waals surface area contributed by atoms with Crippen molar-refractivity contribution in [2.24, 2.45) is 5.92 Å². The highest BCUT2D eigenvalue weighted by molar-refractivity contribution is 5.93. The second-order valence-corrected chi connectivity index (χ2v) is 8.27. The van der Waals surface area contributed by atoms with Crippen molar-refractivity contribution in [1.82, 2.24) is 5.32 Å². The molecule has 0 aliphatic carbocycles. The van der Waals surface area contributed by atoms with Gasteiger partial charge >= 0.3 is 5.97 Å². The summed E-state index contributed by atoms with van der Waals surface area (Å²) in [4.78, 5) is 25.4. The van der Waals surface area contributed by atoms with Crippen molar-refractivity contribution < 1.29 is 33.6 Å². The summed E-state index contributed by atoms with van der Waals surface area (Å²) in [7, 11) is 4.26. The summed E-state index contributed by atoms with van der Waals surface area (Å²) in [5, 5.41) is 15.9. The number of carbonyl (C=O) groups is 2. The van der Waals surface area contributed by atoms with Crippen LogP contribution in [-0.2, 0) is 19.1 Å². The molecule has 0 radical (unpaired) electrons. The first kappa shape index (κ1) is 22.9. The van der Waals surface area contributed by atoms with E-state index < -0.39 is 29.3 Å². The Balaban J connectivity index is 2.23. The minimum atomic E-state index is -1.27. The minimum Gasteiger partial charge on any atom is -0.550 e. The third-order valence-corrected chi connectivity index (χ3v) is 6.31. The number of aliphatic carboxylic acids is 1. The fourth-order valence-corrected chi connectivity index (χ4v) is 5.08. The predicted octanol–water partition coefficient (Wildman–Crippen LogP) is 1.53. The zero-order chi connectivity index (χ0) is 22.8. The van der Waals surface area contributed by atoms with Crippen LogP contribution >= 0.6 is 0 Å². The minimum absolute atomic E-state index is 0.0697. The van der Waals surface area contributed by atoms with Crippen LogP contribution < -0.4 is 19.9 Å². The molecular formula is C23H30NO7-. The number of carboxylic acids is 1. The zero-order valence-corrected chi connectivity index (χ0v) is 18.7. The molecule has 1 aromatic rings. The van der Waals surface area contributed by atoms with E-state index in [-0.39, 0.29) is 11.7 Å². The second kappa shape index (κ2) is 9.18. The number of carboxylic acid groups (broad SMARTS) is 1. The number of carbonyl (C=O) groups excluding carboxylic acids is 2. The van der Waals surface area contributed by atoms with Crippen LogP contribution in [0, 0.1) is 5.92 Å². The molecule has 0 spiro atoms. The van der Waals surface area contributed by atoms with Crippen molar-refractivity contribution in [1.29, 1.82) is 0 Å². The number of hydrogen-bond acceptors (Lipinski definition) is 8. The molecule has 1 saturated heterocycles. The van der Waals surface area contributed by atoms with Gasteiger partial charge in [0.05, 0.1) is 33.0 Å². The van der Waals surface area contributed by atoms with Crippen molar-refractivity contribution in [3.05, 3.63) is 35.0 Å². The van der Waals surface area contributed by atoms with Gasteiger partial charge in [0.2, 0.25) is 0 Å². The van der Waals surface area contributed by atoms with Crippen molar-refractivity contribution in [2.75, 3.05) is 27.9 Å². The summed E-state index contributed by atoms with van der Waals surface area (Å²) in [6.07, 6.45) is 2.18. The lowest BCUT2D eigenvalue weighted by Gasteiger charge is -2.49. The Morgan fingerprint density at radius 1 is 1.26 bits per heavy atom. The van der Waals surface area contributed by atoms with E-state index >= 15 is 0 Å². The maximum absolute atomic E-state index is 12.8. The molecule has 1 N–H and O–H groups in total. The number of para-hydroxylation sites is 1. The van der Waals surface area contributed by atoms with Crippen molar-refractivity contribution in [3.8, 4) is 11.5 Å². The summed E-state index contributed by atoms with van der Waals surface area (Å²) >= 11 is 0. The van der Waals surface area contributed by atoms with Gasteiger partial charge in [0, 0.05) is 41.2 Å². The Morgan fingerprint density at radius 3 is 2.55 bits per heavy atom. The van der Waals surface area contributed by atoms with E-state index in [9.17, 15) is 14.7 Å². The molecule has 0 bridgehead atoms. The highest BCUT2D eigenvalue weighted by atomic mass is 16.5. The number of ether oxygens (including phenoxy) is 4. The molecule has 4 atom stereocenters. The average Bonchev–Trinajstić information content (AvgIpc) is 3.23. The summed E-state index contributed by atoms with van der Waals surface area (Å²) in [5.74, 6) is -3.01. The van der Waals surface area contributed by atoms with Crippen LogP contribution in [0.4, 0.5) is 0 Å². The maximum atomic E-state index is 12.8. The van der Waals surface area contributed by atoms with E-state index in [2.05, 4.69) is 5.32 Å². The van der Waals surface area contributed by atoms with Crippen molar-refractivity contribution in [2.45, 2.75) is 50.7 Å². The standard InChI is InChI=1S/C23H31NO7/c1-13-17(22(27)30-5)18(15-9-6-10-16(28-3)20(15)29-4)19(21(25)26)23(2,24-13)12-14-8-7-11-31-14/h6,9-10,14,18-19,24H,7-8,11-12H2,1-5H3,(H,25,26)/p-1. The Labute approximate surface area is 182 Å². The van der Waals surface area contributed by atoms with Gasteiger partial charge in [0.15, 0.2) is 11.5 Å². The van der Waals surface area contributed by atoms with Gasteiger partial charge in [0.25, 0.3) is 0 Å². The van der Waals surface area contributed by atoms with Gasteiger partial charge < -0.3 is 34.2 Å². The molecule has 170 valence electrons. The van der Waals surface area contributed by atoms with Gasteiger partial charge in [0.1, 0.15) is 0 Å². The number of benzene rings is 1. The van der Waals surface area contributed by atoms with Crippen LogP contribution in [0.5, 0.6) is 11.5 Å². The maximum Gasteiger partial charge on any atom is 0.336 e. The third-order valence-electron chi connectivity index (χ3n) is 6.31. The van der Waals surface area contributed by atoms with Crippen LogP contribution in [0.1, 0.15) is 44.6 Å². The molecule has 8 heteroatoms. The predicted molar refractivity (Wildman–Crippen MR) is 111 cm³/mol. The topological polar surface area (TPSA) is 106 Å². The van der Waals surface area contributed by atoms with E-state index in [4.69, 9.17) is 18.9 Å². The molecule has 2 heterocycles. The number of allylic oxidation sites excluding steroid dienone is 1. The van der Waals surface area contributed by atoms with E-state index in [1.54, 1.807) is 25.1 Å². The van der Waals surface area contributed by atoms with Gasteiger partial charge in [-0.15, -0.1) is 0 Å². The summed E-state index contributed by atoms with van der Waals surface area (Å²) in [6.45, 7) is 4.25. The van der Waals surface area contributed by atoms with E-state index in [0.29, 0.717) is 35.8 Å². The highest BCUT2D eigenvalue weighted by Gasteiger charge is 2.50. The van der Waals surface area contributed by atoms with Crippen LogP contribution in [-0.4, -0.2) is 51.5 Å². The molecular weight excluding hydrogens is 402 g/mol. The normalized spacial score (nSPS) is 28.1. The van der Waals surface area contributed by atoms with Gasteiger partial charge in [-0.2, -0.15) is 0 Å². The number of hydrogen-bond donors (Lipinski definition) is 1. The Bertz CT molecular complexity index is 875. The van der Waals surface area contributed by atoms with Gasteiger partial charge in [-0.25, -0.2) is 4.79 Å². The lowest BCUT2D eigenvalue weighted by atomic mass is 9.65. The van der Waals surface area contributed by atoms with Gasteiger partial charge in [-0.05, 0) is 39.2 Å². The molecule has 2 aliphatic heterocycles. The lowest BCUT2D eigenvalue weighted by Crippen LogP contribution is -2.61. The highest BCUT2D eigenvalue weighted by Crippen LogP contribution is 2.49. The molecule has 0 saturated carbocycles. The molecule has 3 rings (SSSR count). The smallest absolute Gasteiger partial charge is 0.336 e.